The van der Waals surface area contributed by atoms with Crippen molar-refractivity contribution >= 4 is 22.7 Å². The van der Waals surface area contributed by atoms with Crippen LogP contribution in [0.2, 0.25) is 0 Å². The van der Waals surface area contributed by atoms with Gasteiger partial charge in [-0.1, -0.05) is 31.5 Å². The van der Waals surface area contributed by atoms with Gasteiger partial charge in [-0.15, -0.1) is 0 Å². The Balaban J connectivity index is 1.90. The first-order valence-electron chi connectivity index (χ1n) is 6.88. The Morgan fingerprint density at radius 1 is 1.41 bits per heavy atom. The molecule has 4 fully saturated rings. The van der Waals surface area contributed by atoms with Crippen LogP contribution in [0.4, 0.5) is 0 Å². The Kier molecular flexibility index (Phi) is 2.85. The molecule has 1 aliphatic heterocycles. The molecule has 0 aromatic carbocycles. The maximum Gasteiger partial charge on any atom is 0.189 e. The molecule has 0 aromatic rings. The van der Waals surface area contributed by atoms with Crippen molar-refractivity contribution in [3.8, 4) is 0 Å². The van der Waals surface area contributed by atoms with Crippen molar-refractivity contribution in [3.05, 3.63) is 0 Å². The molecule has 2 nitrogen and oxygen atoms in total. The first-order chi connectivity index (χ1) is 8.16. The maximum absolute atomic E-state index is 12.2. The molecule has 4 rings (SSSR count). The number of fused-ring (bicyclic) bond motifs is 2. The van der Waals surface area contributed by atoms with E-state index in [2.05, 4.69) is 6.92 Å². The summed E-state index contributed by atoms with van der Waals surface area (Å²) in [6.07, 6.45) is 7.22. The monoisotopic (exact) mass is 252 g/mol. The van der Waals surface area contributed by atoms with Crippen molar-refractivity contribution in [3.63, 3.8) is 0 Å². The van der Waals surface area contributed by atoms with Gasteiger partial charge in [-0.25, -0.2) is 0 Å². The van der Waals surface area contributed by atoms with Crippen molar-refractivity contribution < 1.29 is 9.59 Å². The zero-order valence-electron chi connectivity index (χ0n) is 10.4. The summed E-state index contributed by atoms with van der Waals surface area (Å²) < 4.78 is 0. The van der Waals surface area contributed by atoms with E-state index in [0.29, 0.717) is 28.5 Å². The minimum absolute atomic E-state index is 0.184. The van der Waals surface area contributed by atoms with E-state index >= 15 is 0 Å². The molecule has 3 aliphatic carbocycles. The summed E-state index contributed by atoms with van der Waals surface area (Å²) in [5.41, 5.74) is 0.184. The smallest absolute Gasteiger partial charge is 0.189 e. The molecular weight excluding hydrogens is 232 g/mol. The molecule has 0 spiro atoms. The molecule has 0 radical (unpaired) electrons. The number of hydrogen-bond donors (Lipinski definition) is 0. The van der Waals surface area contributed by atoms with Crippen molar-refractivity contribution in [1.29, 1.82) is 0 Å². The fourth-order valence-electron chi connectivity index (χ4n) is 4.26. The van der Waals surface area contributed by atoms with E-state index in [4.69, 9.17) is 0 Å². The normalized spacial score (nSPS) is 44.2. The van der Waals surface area contributed by atoms with Gasteiger partial charge >= 0.3 is 0 Å². The maximum atomic E-state index is 12.2. The van der Waals surface area contributed by atoms with Crippen LogP contribution < -0.4 is 0 Å². The van der Waals surface area contributed by atoms with E-state index < -0.39 is 0 Å². The number of Topliss-reactive ketones (excluding diaryl/α,β-unsaturated/α-hetero) is 1. The van der Waals surface area contributed by atoms with Crippen molar-refractivity contribution in [2.45, 2.75) is 57.1 Å². The standard InChI is InChI=1S/C14H20O2S/c1-2-3-5-14-6-4-9(11(15)8-14)10-7-12(16)17-13(10)14/h9-10,13H,2-8H2,1H3/t9?,10-,13-,14?/m1/s1. The third-order valence-corrected chi connectivity index (χ3v) is 6.62. The van der Waals surface area contributed by atoms with Gasteiger partial charge in [0.1, 0.15) is 5.78 Å². The summed E-state index contributed by atoms with van der Waals surface area (Å²) in [5, 5.41) is 0.806. The second-order valence-corrected chi connectivity index (χ2v) is 7.23. The van der Waals surface area contributed by atoms with Crippen LogP contribution in [-0.2, 0) is 9.59 Å². The van der Waals surface area contributed by atoms with Crippen LogP contribution in [0.25, 0.3) is 0 Å². The van der Waals surface area contributed by atoms with Crippen molar-refractivity contribution in [2.75, 3.05) is 0 Å². The molecule has 4 atom stereocenters. The lowest BCUT2D eigenvalue weighted by Crippen LogP contribution is -2.53. The predicted molar refractivity (Wildman–Crippen MR) is 68.8 cm³/mol. The van der Waals surface area contributed by atoms with Gasteiger partial charge in [0.05, 0.1) is 0 Å². The summed E-state index contributed by atoms with van der Waals surface area (Å²) >= 11 is 1.57. The second kappa shape index (κ2) is 4.11. The molecule has 0 aromatic heterocycles. The van der Waals surface area contributed by atoms with Crippen LogP contribution >= 0.6 is 11.8 Å². The highest BCUT2D eigenvalue weighted by molar-refractivity contribution is 8.14. The summed E-state index contributed by atoms with van der Waals surface area (Å²) in [5.74, 6) is 1.07. The molecule has 2 bridgehead atoms. The van der Waals surface area contributed by atoms with Gasteiger partial charge in [0.25, 0.3) is 0 Å². The largest absolute Gasteiger partial charge is 0.299 e. The van der Waals surface area contributed by atoms with Gasteiger partial charge in [0, 0.05) is 24.0 Å². The fourth-order valence-corrected chi connectivity index (χ4v) is 5.86. The van der Waals surface area contributed by atoms with Crippen LogP contribution in [0.5, 0.6) is 0 Å². The summed E-state index contributed by atoms with van der Waals surface area (Å²) in [6.45, 7) is 2.21. The lowest BCUT2D eigenvalue weighted by atomic mass is 9.53. The number of thioether (sulfide) groups is 1. The Morgan fingerprint density at radius 2 is 2.24 bits per heavy atom. The lowest BCUT2D eigenvalue weighted by Gasteiger charge is -2.52. The third-order valence-electron chi connectivity index (χ3n) is 5.09. The predicted octanol–water partition coefficient (Wildman–Crippen LogP) is 3.19. The van der Waals surface area contributed by atoms with Gasteiger partial charge in [-0.3, -0.25) is 9.59 Å². The minimum atomic E-state index is 0.184. The topological polar surface area (TPSA) is 34.1 Å². The fraction of sp³-hybridized carbons (Fsp3) is 0.857. The Morgan fingerprint density at radius 3 is 2.94 bits per heavy atom. The third kappa shape index (κ3) is 1.69. The van der Waals surface area contributed by atoms with Crippen LogP contribution in [0, 0.1) is 17.3 Å². The average Bonchev–Trinajstić information content (AvgIpc) is 2.70. The molecule has 0 amide bonds. The van der Waals surface area contributed by atoms with E-state index in [-0.39, 0.29) is 11.3 Å². The Bertz CT molecular complexity index is 365. The zero-order chi connectivity index (χ0) is 12.0. The van der Waals surface area contributed by atoms with Gasteiger partial charge < -0.3 is 0 Å². The molecule has 2 unspecified atom stereocenters. The van der Waals surface area contributed by atoms with E-state index in [9.17, 15) is 9.59 Å². The summed E-state index contributed by atoms with van der Waals surface area (Å²) in [4.78, 5) is 23.9. The molecular formula is C14H20O2S. The molecule has 17 heavy (non-hydrogen) atoms. The average molecular weight is 252 g/mol. The number of rotatable bonds is 3. The van der Waals surface area contributed by atoms with Crippen LogP contribution in [0.15, 0.2) is 0 Å². The Hall–Kier alpha value is -0.310. The second-order valence-electron chi connectivity index (χ2n) is 6.03. The highest BCUT2D eigenvalue weighted by Crippen LogP contribution is 2.62. The summed E-state index contributed by atoms with van der Waals surface area (Å²) in [6, 6.07) is 0. The number of unbranched alkanes of at least 4 members (excludes halogenated alkanes) is 1. The van der Waals surface area contributed by atoms with E-state index in [1.807, 2.05) is 0 Å². The minimum Gasteiger partial charge on any atom is -0.299 e. The first kappa shape index (κ1) is 11.8. The SMILES string of the molecule is CCCCC12CCC(C(=O)C1)[C@H]1CC(=O)S[C@H]12. The molecule has 1 saturated heterocycles. The van der Waals surface area contributed by atoms with E-state index in [1.54, 1.807) is 11.8 Å². The summed E-state index contributed by atoms with van der Waals surface area (Å²) in [7, 11) is 0. The van der Waals surface area contributed by atoms with E-state index in [0.717, 1.165) is 19.3 Å². The van der Waals surface area contributed by atoms with Gasteiger partial charge in [-0.05, 0) is 30.6 Å². The molecule has 1 heterocycles. The molecule has 94 valence electrons. The van der Waals surface area contributed by atoms with Crippen LogP contribution in [0.3, 0.4) is 0 Å². The highest BCUT2D eigenvalue weighted by atomic mass is 32.2. The van der Waals surface area contributed by atoms with Crippen molar-refractivity contribution in [2.24, 2.45) is 17.3 Å². The highest BCUT2D eigenvalue weighted by Gasteiger charge is 2.59. The quantitative estimate of drug-likeness (QED) is 0.773. The van der Waals surface area contributed by atoms with Gasteiger partial charge in [0.2, 0.25) is 0 Å². The molecule has 3 heteroatoms. The number of ketones is 1. The number of hydrogen-bond acceptors (Lipinski definition) is 3. The Labute approximate surface area is 107 Å². The number of carbonyl (C=O) groups is 2. The first-order valence-corrected chi connectivity index (χ1v) is 7.76. The molecule has 4 aliphatic rings. The van der Waals surface area contributed by atoms with Gasteiger partial charge in [0.15, 0.2) is 5.12 Å². The van der Waals surface area contributed by atoms with Gasteiger partial charge in [-0.2, -0.15) is 0 Å². The molecule has 0 N–H and O–H groups in total. The lowest BCUT2D eigenvalue weighted by molar-refractivity contribution is -0.137. The van der Waals surface area contributed by atoms with Crippen LogP contribution in [-0.4, -0.2) is 16.1 Å². The number of carbonyl (C=O) groups excluding carboxylic acids is 2. The zero-order valence-corrected chi connectivity index (χ0v) is 11.2. The molecule has 3 saturated carbocycles. The van der Waals surface area contributed by atoms with Crippen molar-refractivity contribution in [1.82, 2.24) is 0 Å². The van der Waals surface area contributed by atoms with E-state index in [1.165, 1.54) is 19.3 Å². The van der Waals surface area contributed by atoms with Crippen LogP contribution in [0.1, 0.15) is 51.9 Å².